The van der Waals surface area contributed by atoms with Gasteiger partial charge in [0, 0.05) is 17.0 Å². The smallest absolute Gasteiger partial charge is 0.343 e. The van der Waals surface area contributed by atoms with Crippen molar-refractivity contribution in [1.82, 2.24) is 10.3 Å². The molecule has 174 valence electrons. The molecule has 2 aromatic carbocycles. The molecular weight excluding hydrogens is 491 g/mol. The fourth-order valence-electron chi connectivity index (χ4n) is 3.34. The average Bonchev–Trinajstić information content (AvgIpc) is 2.77. The number of hydrogen-bond donors (Lipinski definition) is 2. The Bertz CT molecular complexity index is 1270. The molecule has 0 bridgehead atoms. The van der Waals surface area contributed by atoms with E-state index in [9.17, 15) is 14.4 Å². The van der Waals surface area contributed by atoms with Crippen molar-refractivity contribution in [3.8, 4) is 5.75 Å². The van der Waals surface area contributed by atoms with Gasteiger partial charge in [-0.2, -0.15) is 0 Å². The summed E-state index contributed by atoms with van der Waals surface area (Å²) in [5.41, 5.74) is 1.47. The Kier molecular flexibility index (Phi) is 8.24. The number of esters is 1. The molecule has 0 saturated heterocycles. The monoisotopic (exact) mass is 510 g/mol. The minimum atomic E-state index is -0.690. The Hall–Kier alpha value is -2.74. The summed E-state index contributed by atoms with van der Waals surface area (Å²) in [6, 6.07) is 8.60. The van der Waals surface area contributed by atoms with Crippen LogP contribution in [0.15, 0.2) is 35.1 Å². The number of carbonyl (C=O) groups excluding carboxylic acids is 2. The van der Waals surface area contributed by atoms with Crippen molar-refractivity contribution in [1.29, 1.82) is 0 Å². The number of aromatic nitrogens is 1. The second kappa shape index (κ2) is 10.9. The molecule has 3 rings (SSSR count). The zero-order valence-corrected chi connectivity index (χ0v) is 20.2. The number of H-pyrrole nitrogens is 1. The topological polar surface area (TPSA) is 97.5 Å². The number of ether oxygens (including phenoxy) is 2. The molecule has 1 amide bonds. The van der Waals surface area contributed by atoms with Crippen molar-refractivity contribution >= 4 is 57.6 Å². The fraction of sp³-hybridized carbons (Fsp3) is 0.261. The summed E-state index contributed by atoms with van der Waals surface area (Å²) in [4.78, 5) is 40.1. The maximum atomic E-state index is 13.1. The molecule has 0 aliphatic carbocycles. The van der Waals surface area contributed by atoms with Crippen molar-refractivity contribution in [3.63, 3.8) is 0 Å². The molecule has 3 aromatic rings. The molecule has 10 heteroatoms. The van der Waals surface area contributed by atoms with Crippen LogP contribution in [0.2, 0.25) is 15.1 Å². The van der Waals surface area contributed by atoms with Crippen LogP contribution in [0.1, 0.15) is 27.9 Å². The van der Waals surface area contributed by atoms with E-state index in [1.54, 1.807) is 31.2 Å². The first-order valence-electron chi connectivity index (χ1n) is 9.99. The van der Waals surface area contributed by atoms with Gasteiger partial charge in [0.25, 0.3) is 11.5 Å². The lowest BCUT2D eigenvalue weighted by Crippen LogP contribution is -2.29. The standard InChI is InChI=1S/C23H21Cl3N2O5/c1-12-8-14(24)10-15-19(21(23(31)28-20(12)15)33-11-18(29)32-2)22(30)27-7-3-4-13-5-6-16(25)17(26)9-13/h5-6,8-10H,3-4,7,11H2,1-2H3,(H,27,30)(H,28,31). The third-order valence-corrected chi connectivity index (χ3v) is 5.90. The van der Waals surface area contributed by atoms with Crippen LogP contribution in [0, 0.1) is 6.92 Å². The van der Waals surface area contributed by atoms with E-state index in [1.807, 2.05) is 6.07 Å². The SMILES string of the molecule is COC(=O)COc1c(C(=O)NCCCc2ccc(Cl)c(Cl)c2)c2cc(Cl)cc(C)c2[nH]c1=O. The first-order chi connectivity index (χ1) is 15.7. The number of halogens is 3. The van der Waals surface area contributed by atoms with Gasteiger partial charge in [0.1, 0.15) is 0 Å². The number of aromatic amines is 1. The molecule has 0 aliphatic heterocycles. The van der Waals surface area contributed by atoms with E-state index in [0.29, 0.717) is 50.9 Å². The lowest BCUT2D eigenvalue weighted by atomic mass is 10.0. The maximum Gasteiger partial charge on any atom is 0.343 e. The van der Waals surface area contributed by atoms with Crippen molar-refractivity contribution in [2.24, 2.45) is 0 Å². The van der Waals surface area contributed by atoms with Gasteiger partial charge in [-0.15, -0.1) is 0 Å². The highest BCUT2D eigenvalue weighted by molar-refractivity contribution is 6.42. The Morgan fingerprint density at radius 2 is 1.85 bits per heavy atom. The molecule has 0 aliphatic rings. The Morgan fingerprint density at radius 1 is 1.09 bits per heavy atom. The number of amides is 1. The van der Waals surface area contributed by atoms with Gasteiger partial charge in [0.2, 0.25) is 0 Å². The van der Waals surface area contributed by atoms with Crippen LogP contribution in [-0.4, -0.2) is 37.1 Å². The number of nitrogens with one attached hydrogen (secondary N) is 2. The number of pyridine rings is 1. The van der Waals surface area contributed by atoms with Crippen LogP contribution in [0.5, 0.6) is 5.75 Å². The fourth-order valence-corrected chi connectivity index (χ4v) is 3.94. The summed E-state index contributed by atoms with van der Waals surface area (Å²) in [6.45, 7) is 1.56. The average molecular weight is 512 g/mol. The largest absolute Gasteiger partial charge is 0.475 e. The van der Waals surface area contributed by atoms with Crippen molar-refractivity contribution < 1.29 is 19.1 Å². The van der Waals surface area contributed by atoms with Crippen LogP contribution in [-0.2, 0) is 16.0 Å². The van der Waals surface area contributed by atoms with Gasteiger partial charge >= 0.3 is 5.97 Å². The molecule has 33 heavy (non-hydrogen) atoms. The zero-order chi connectivity index (χ0) is 24.1. The third-order valence-electron chi connectivity index (χ3n) is 4.94. The van der Waals surface area contributed by atoms with E-state index in [4.69, 9.17) is 39.5 Å². The molecule has 0 radical (unpaired) electrons. The van der Waals surface area contributed by atoms with E-state index in [0.717, 1.165) is 5.56 Å². The number of aryl methyl sites for hydroxylation is 2. The molecule has 0 saturated carbocycles. The summed E-state index contributed by atoms with van der Waals surface area (Å²) >= 11 is 18.2. The van der Waals surface area contributed by atoms with Gasteiger partial charge < -0.3 is 19.8 Å². The first kappa shape index (κ1) is 24.9. The van der Waals surface area contributed by atoms with E-state index < -0.39 is 24.0 Å². The van der Waals surface area contributed by atoms with Gasteiger partial charge in [-0.3, -0.25) is 9.59 Å². The van der Waals surface area contributed by atoms with Crippen LogP contribution in [0.4, 0.5) is 0 Å². The van der Waals surface area contributed by atoms with Crippen LogP contribution >= 0.6 is 34.8 Å². The zero-order valence-electron chi connectivity index (χ0n) is 17.9. The molecule has 1 aromatic heterocycles. The van der Waals surface area contributed by atoms with Crippen LogP contribution in [0.25, 0.3) is 10.9 Å². The Morgan fingerprint density at radius 3 is 2.55 bits per heavy atom. The predicted octanol–water partition coefficient (Wildman–Crippen LogP) is 4.71. The highest BCUT2D eigenvalue weighted by atomic mass is 35.5. The van der Waals surface area contributed by atoms with Gasteiger partial charge in [-0.1, -0.05) is 40.9 Å². The van der Waals surface area contributed by atoms with Crippen LogP contribution < -0.4 is 15.6 Å². The Balaban J connectivity index is 1.86. The van der Waals surface area contributed by atoms with Gasteiger partial charge in [0.15, 0.2) is 12.4 Å². The number of hydrogen-bond acceptors (Lipinski definition) is 5. The van der Waals surface area contributed by atoms with Gasteiger partial charge in [-0.25, -0.2) is 4.79 Å². The first-order valence-corrected chi connectivity index (χ1v) is 11.1. The lowest BCUT2D eigenvalue weighted by Gasteiger charge is -2.14. The molecule has 7 nitrogen and oxygen atoms in total. The minimum absolute atomic E-state index is 0.00205. The van der Waals surface area contributed by atoms with Gasteiger partial charge in [-0.05, 0) is 55.2 Å². The number of rotatable bonds is 8. The van der Waals surface area contributed by atoms with E-state index in [-0.39, 0.29) is 11.3 Å². The number of fused-ring (bicyclic) bond motifs is 1. The molecule has 2 N–H and O–H groups in total. The second-order valence-electron chi connectivity index (χ2n) is 7.28. The molecule has 1 heterocycles. The molecular formula is C23H21Cl3N2O5. The molecule has 0 atom stereocenters. The summed E-state index contributed by atoms with van der Waals surface area (Å²) in [7, 11) is 1.20. The number of carbonyl (C=O) groups is 2. The summed E-state index contributed by atoms with van der Waals surface area (Å²) in [6.07, 6.45) is 1.27. The van der Waals surface area contributed by atoms with Crippen molar-refractivity contribution in [2.75, 3.05) is 20.3 Å². The number of benzene rings is 2. The molecule has 0 fully saturated rings. The number of methoxy groups -OCH3 is 1. The van der Waals surface area contributed by atoms with Gasteiger partial charge in [0.05, 0.1) is 28.2 Å². The summed E-state index contributed by atoms with van der Waals surface area (Å²) in [5.74, 6) is -1.50. The van der Waals surface area contributed by atoms with Crippen molar-refractivity contribution in [3.05, 3.63) is 72.4 Å². The highest BCUT2D eigenvalue weighted by Crippen LogP contribution is 2.29. The van der Waals surface area contributed by atoms with Crippen molar-refractivity contribution in [2.45, 2.75) is 19.8 Å². The molecule has 0 spiro atoms. The quantitative estimate of drug-likeness (QED) is 0.337. The lowest BCUT2D eigenvalue weighted by molar-refractivity contribution is -0.142. The maximum absolute atomic E-state index is 13.1. The van der Waals surface area contributed by atoms with E-state index in [1.165, 1.54) is 7.11 Å². The molecule has 0 unspecified atom stereocenters. The highest BCUT2D eigenvalue weighted by Gasteiger charge is 2.22. The predicted molar refractivity (Wildman–Crippen MR) is 129 cm³/mol. The van der Waals surface area contributed by atoms with Crippen LogP contribution in [0.3, 0.4) is 0 Å². The normalized spacial score (nSPS) is 10.8. The second-order valence-corrected chi connectivity index (χ2v) is 8.53. The minimum Gasteiger partial charge on any atom is -0.475 e. The third kappa shape index (κ3) is 5.99. The Labute approximate surface area is 204 Å². The summed E-state index contributed by atoms with van der Waals surface area (Å²) in [5, 5.41) is 4.54. The van der Waals surface area contributed by atoms with E-state index in [2.05, 4.69) is 15.0 Å². The van der Waals surface area contributed by atoms with E-state index >= 15 is 0 Å². The summed E-state index contributed by atoms with van der Waals surface area (Å²) < 4.78 is 9.94.